The van der Waals surface area contributed by atoms with E-state index >= 15 is 0 Å². The zero-order valence-corrected chi connectivity index (χ0v) is 9.94. The van der Waals surface area contributed by atoms with E-state index in [1.54, 1.807) is 19.2 Å². The van der Waals surface area contributed by atoms with Gasteiger partial charge >= 0.3 is 0 Å². The first kappa shape index (κ1) is 13.0. The standard InChI is InChI=1S/C10H16ClN3O2/c1-16-7-5-14(4-6-15)10-8(12)2-3-9(11)13-10/h2-3,15H,4-7,12H2,1H3. The predicted molar refractivity (Wildman–Crippen MR) is 64.8 cm³/mol. The molecule has 6 heteroatoms. The Balaban J connectivity index is 2.85. The fourth-order valence-corrected chi connectivity index (χ4v) is 1.48. The van der Waals surface area contributed by atoms with Gasteiger partial charge in [-0.2, -0.15) is 0 Å². The van der Waals surface area contributed by atoms with Crippen LogP contribution in [-0.4, -0.2) is 43.5 Å². The summed E-state index contributed by atoms with van der Waals surface area (Å²) in [6, 6.07) is 3.33. The van der Waals surface area contributed by atoms with E-state index in [1.807, 2.05) is 4.90 Å². The molecule has 0 aliphatic rings. The number of hydrogen-bond donors (Lipinski definition) is 2. The zero-order valence-electron chi connectivity index (χ0n) is 9.19. The molecular formula is C10H16ClN3O2. The van der Waals surface area contributed by atoms with Crippen molar-refractivity contribution in [3.8, 4) is 0 Å². The first-order valence-corrected chi connectivity index (χ1v) is 5.33. The fraction of sp³-hybridized carbons (Fsp3) is 0.500. The molecule has 0 atom stereocenters. The highest BCUT2D eigenvalue weighted by atomic mass is 35.5. The Bertz CT molecular complexity index is 336. The predicted octanol–water partition coefficient (Wildman–Crippen LogP) is 0.762. The normalized spacial score (nSPS) is 10.4. The summed E-state index contributed by atoms with van der Waals surface area (Å²) in [5, 5.41) is 9.35. The molecule has 3 N–H and O–H groups in total. The Hall–Kier alpha value is -1.04. The average molecular weight is 246 g/mol. The van der Waals surface area contributed by atoms with Gasteiger partial charge in [0, 0.05) is 20.2 Å². The lowest BCUT2D eigenvalue weighted by atomic mass is 10.3. The van der Waals surface area contributed by atoms with E-state index in [0.717, 1.165) is 0 Å². The van der Waals surface area contributed by atoms with E-state index in [2.05, 4.69) is 4.98 Å². The molecule has 0 saturated heterocycles. The van der Waals surface area contributed by atoms with Gasteiger partial charge in [0.15, 0.2) is 5.82 Å². The molecule has 1 rings (SSSR count). The van der Waals surface area contributed by atoms with Crippen LogP contribution in [0.1, 0.15) is 0 Å². The molecule has 0 aliphatic carbocycles. The maximum atomic E-state index is 8.97. The van der Waals surface area contributed by atoms with Gasteiger partial charge in [-0.3, -0.25) is 0 Å². The summed E-state index contributed by atoms with van der Waals surface area (Å²) in [7, 11) is 1.62. The van der Waals surface area contributed by atoms with Crippen LogP contribution in [0.4, 0.5) is 11.5 Å². The molecule has 1 aromatic heterocycles. The summed E-state index contributed by atoms with van der Waals surface area (Å²) < 4.78 is 4.99. The summed E-state index contributed by atoms with van der Waals surface area (Å²) >= 11 is 5.81. The zero-order chi connectivity index (χ0) is 12.0. The molecular weight excluding hydrogens is 230 g/mol. The summed E-state index contributed by atoms with van der Waals surface area (Å²) in [6.45, 7) is 1.61. The molecule has 90 valence electrons. The summed E-state index contributed by atoms with van der Waals surface area (Å²) in [4.78, 5) is 5.98. The highest BCUT2D eigenvalue weighted by molar-refractivity contribution is 6.29. The Morgan fingerprint density at radius 2 is 2.25 bits per heavy atom. The lowest BCUT2D eigenvalue weighted by Gasteiger charge is -2.23. The van der Waals surface area contributed by atoms with Crippen LogP contribution in [0.3, 0.4) is 0 Å². The summed E-state index contributed by atoms with van der Waals surface area (Å²) in [5.41, 5.74) is 6.34. The fourth-order valence-electron chi connectivity index (χ4n) is 1.34. The molecule has 1 aromatic rings. The van der Waals surface area contributed by atoms with Crippen LogP contribution in [0.25, 0.3) is 0 Å². The van der Waals surface area contributed by atoms with Crippen molar-refractivity contribution < 1.29 is 9.84 Å². The maximum absolute atomic E-state index is 8.97. The van der Waals surface area contributed by atoms with Crippen LogP contribution in [0.15, 0.2) is 12.1 Å². The van der Waals surface area contributed by atoms with Crippen molar-refractivity contribution in [2.75, 3.05) is 44.0 Å². The van der Waals surface area contributed by atoms with Gasteiger partial charge in [-0.05, 0) is 12.1 Å². The van der Waals surface area contributed by atoms with Gasteiger partial charge < -0.3 is 20.5 Å². The number of methoxy groups -OCH3 is 1. The van der Waals surface area contributed by atoms with Crippen molar-refractivity contribution in [1.29, 1.82) is 0 Å². The largest absolute Gasteiger partial charge is 0.396 e. The van der Waals surface area contributed by atoms with E-state index in [1.165, 1.54) is 0 Å². The number of rotatable bonds is 6. The average Bonchev–Trinajstić information content (AvgIpc) is 2.28. The third-order valence-electron chi connectivity index (χ3n) is 2.11. The van der Waals surface area contributed by atoms with Gasteiger partial charge in [0.25, 0.3) is 0 Å². The van der Waals surface area contributed by atoms with E-state index in [4.69, 9.17) is 27.2 Å². The Morgan fingerprint density at radius 1 is 1.50 bits per heavy atom. The molecule has 0 aliphatic heterocycles. The molecule has 16 heavy (non-hydrogen) atoms. The molecule has 1 heterocycles. The number of aliphatic hydroxyl groups is 1. The van der Waals surface area contributed by atoms with Crippen LogP contribution < -0.4 is 10.6 Å². The summed E-state index contributed by atoms with van der Waals surface area (Å²) in [5.74, 6) is 0.582. The van der Waals surface area contributed by atoms with Crippen LogP contribution in [-0.2, 0) is 4.74 Å². The second-order valence-corrected chi connectivity index (χ2v) is 3.64. The number of hydrogen-bond acceptors (Lipinski definition) is 5. The molecule has 5 nitrogen and oxygen atoms in total. The minimum Gasteiger partial charge on any atom is -0.396 e. The first-order valence-electron chi connectivity index (χ1n) is 4.95. The molecule has 0 amide bonds. The number of aromatic nitrogens is 1. The van der Waals surface area contributed by atoms with Crippen LogP contribution in [0, 0.1) is 0 Å². The van der Waals surface area contributed by atoms with Crippen molar-refractivity contribution in [2.24, 2.45) is 0 Å². The second kappa shape index (κ2) is 6.52. The Kier molecular flexibility index (Phi) is 5.31. The third kappa shape index (κ3) is 3.52. The van der Waals surface area contributed by atoms with E-state index in [-0.39, 0.29) is 6.61 Å². The van der Waals surface area contributed by atoms with Gasteiger partial charge in [-0.25, -0.2) is 4.98 Å². The molecule has 0 unspecified atom stereocenters. The molecule has 0 fully saturated rings. The quantitative estimate of drug-likeness (QED) is 0.724. The van der Waals surface area contributed by atoms with Gasteiger partial charge in [0.1, 0.15) is 5.15 Å². The molecule has 0 saturated carbocycles. The lowest BCUT2D eigenvalue weighted by Crippen LogP contribution is -2.31. The minimum atomic E-state index is 0.0251. The van der Waals surface area contributed by atoms with Gasteiger partial charge in [-0.1, -0.05) is 11.6 Å². The topological polar surface area (TPSA) is 71.6 Å². The number of pyridine rings is 1. The van der Waals surface area contributed by atoms with Crippen LogP contribution >= 0.6 is 11.6 Å². The van der Waals surface area contributed by atoms with Gasteiger partial charge in [-0.15, -0.1) is 0 Å². The van der Waals surface area contributed by atoms with Crippen molar-refractivity contribution in [3.63, 3.8) is 0 Å². The molecule has 0 aromatic carbocycles. The first-order chi connectivity index (χ1) is 7.69. The van der Waals surface area contributed by atoms with Crippen molar-refractivity contribution in [2.45, 2.75) is 0 Å². The van der Waals surface area contributed by atoms with E-state index in [9.17, 15) is 0 Å². The number of nitrogens with zero attached hydrogens (tertiary/aromatic N) is 2. The van der Waals surface area contributed by atoms with E-state index in [0.29, 0.717) is 36.4 Å². The highest BCUT2D eigenvalue weighted by Crippen LogP contribution is 2.22. The minimum absolute atomic E-state index is 0.0251. The molecule has 0 bridgehead atoms. The lowest BCUT2D eigenvalue weighted by molar-refractivity contribution is 0.202. The monoisotopic (exact) mass is 245 g/mol. The van der Waals surface area contributed by atoms with E-state index < -0.39 is 0 Å². The number of nitrogen functional groups attached to an aromatic ring is 1. The molecule has 0 spiro atoms. The number of aliphatic hydroxyl groups excluding tert-OH is 1. The van der Waals surface area contributed by atoms with Crippen molar-refractivity contribution in [1.82, 2.24) is 4.98 Å². The number of anilines is 2. The third-order valence-corrected chi connectivity index (χ3v) is 2.32. The highest BCUT2D eigenvalue weighted by Gasteiger charge is 2.11. The Labute approximate surface area is 99.8 Å². The van der Waals surface area contributed by atoms with Crippen LogP contribution in [0.5, 0.6) is 0 Å². The second-order valence-electron chi connectivity index (χ2n) is 3.25. The maximum Gasteiger partial charge on any atom is 0.153 e. The number of ether oxygens (including phenoxy) is 1. The summed E-state index contributed by atoms with van der Waals surface area (Å²) in [6.07, 6.45) is 0. The number of nitrogens with two attached hydrogens (primary N) is 1. The SMILES string of the molecule is COCCN(CCO)c1nc(Cl)ccc1N. The van der Waals surface area contributed by atoms with Gasteiger partial charge in [0.05, 0.1) is 18.9 Å². The van der Waals surface area contributed by atoms with Crippen molar-refractivity contribution >= 4 is 23.1 Å². The number of halogens is 1. The van der Waals surface area contributed by atoms with Crippen molar-refractivity contribution in [3.05, 3.63) is 17.3 Å². The Morgan fingerprint density at radius 3 is 2.88 bits per heavy atom. The molecule has 0 radical (unpaired) electrons. The van der Waals surface area contributed by atoms with Crippen LogP contribution in [0.2, 0.25) is 5.15 Å². The smallest absolute Gasteiger partial charge is 0.153 e. The van der Waals surface area contributed by atoms with Gasteiger partial charge in [0.2, 0.25) is 0 Å².